The molecule has 26 heavy (non-hydrogen) atoms. The van der Waals surface area contributed by atoms with E-state index in [1.807, 2.05) is 37.3 Å². The Morgan fingerprint density at radius 1 is 1.15 bits per heavy atom. The molecule has 0 spiro atoms. The molecule has 0 aromatic heterocycles. The normalized spacial score (nSPS) is 22.2. The van der Waals surface area contributed by atoms with Gasteiger partial charge in [0.15, 0.2) is 0 Å². The number of ether oxygens (including phenoxy) is 2. The van der Waals surface area contributed by atoms with Crippen molar-refractivity contribution < 1.29 is 19.1 Å². The van der Waals surface area contributed by atoms with E-state index in [1.165, 1.54) is 0 Å². The largest absolute Gasteiger partial charge is 0.466 e. The van der Waals surface area contributed by atoms with Crippen LogP contribution >= 0.6 is 0 Å². The molecule has 0 N–H and O–H groups in total. The molecule has 1 fully saturated rings. The molecular formula is C21H29NO4. The van der Waals surface area contributed by atoms with E-state index in [4.69, 9.17) is 14.5 Å². The first-order valence-corrected chi connectivity index (χ1v) is 9.48. The molecule has 1 saturated carbocycles. The molecule has 5 nitrogen and oxygen atoms in total. The summed E-state index contributed by atoms with van der Waals surface area (Å²) in [6.45, 7) is 6.28. The summed E-state index contributed by atoms with van der Waals surface area (Å²) in [6.07, 6.45) is 2.91. The minimum atomic E-state index is -0.800. The van der Waals surface area contributed by atoms with Crippen LogP contribution in [0.5, 0.6) is 0 Å². The van der Waals surface area contributed by atoms with Crippen LogP contribution in [-0.2, 0) is 19.1 Å². The SMILES string of the molecule is CCOC(=O)CC[C@@]1(C(=O)OCC)CCCC1=N[C@@H](C)c1ccccc1. The lowest BCUT2D eigenvalue weighted by Crippen LogP contribution is -2.38. The van der Waals surface area contributed by atoms with Crippen LogP contribution in [0.3, 0.4) is 0 Å². The second kappa shape index (κ2) is 9.51. The number of aliphatic imine (C=N–C) groups is 1. The first-order chi connectivity index (χ1) is 12.5. The van der Waals surface area contributed by atoms with Crippen LogP contribution in [0.1, 0.15) is 64.5 Å². The maximum absolute atomic E-state index is 12.8. The third-order valence-corrected chi connectivity index (χ3v) is 4.93. The summed E-state index contributed by atoms with van der Waals surface area (Å²) in [5.41, 5.74) is 1.16. The van der Waals surface area contributed by atoms with E-state index in [9.17, 15) is 9.59 Å². The number of nitrogens with zero attached hydrogens (tertiary/aromatic N) is 1. The number of benzene rings is 1. The predicted octanol–water partition coefficient (Wildman–Crippen LogP) is 4.27. The summed E-state index contributed by atoms with van der Waals surface area (Å²) in [4.78, 5) is 29.6. The molecular weight excluding hydrogens is 330 g/mol. The van der Waals surface area contributed by atoms with E-state index in [1.54, 1.807) is 13.8 Å². The van der Waals surface area contributed by atoms with E-state index >= 15 is 0 Å². The molecule has 1 aliphatic rings. The highest BCUT2D eigenvalue weighted by Gasteiger charge is 2.48. The lowest BCUT2D eigenvalue weighted by atomic mass is 9.79. The Morgan fingerprint density at radius 2 is 1.85 bits per heavy atom. The van der Waals surface area contributed by atoms with Crippen molar-refractivity contribution in [2.45, 2.75) is 58.9 Å². The Morgan fingerprint density at radius 3 is 2.50 bits per heavy atom. The molecule has 1 aliphatic carbocycles. The van der Waals surface area contributed by atoms with Crippen LogP contribution in [0.4, 0.5) is 0 Å². The maximum Gasteiger partial charge on any atom is 0.317 e. The van der Waals surface area contributed by atoms with E-state index in [0.717, 1.165) is 24.1 Å². The number of rotatable bonds is 8. The maximum atomic E-state index is 12.8. The molecule has 0 heterocycles. The summed E-state index contributed by atoms with van der Waals surface area (Å²) in [5, 5.41) is 0. The van der Waals surface area contributed by atoms with Crippen molar-refractivity contribution in [2.75, 3.05) is 13.2 Å². The Hall–Kier alpha value is -2.17. The van der Waals surface area contributed by atoms with E-state index in [2.05, 4.69) is 0 Å². The van der Waals surface area contributed by atoms with Crippen molar-refractivity contribution in [1.29, 1.82) is 0 Å². The standard InChI is InChI=1S/C21H29NO4/c1-4-25-19(23)13-15-21(20(24)26-5-2)14-9-12-18(21)22-16(3)17-10-7-6-8-11-17/h6-8,10-11,16H,4-5,9,12-15H2,1-3H3/t16-,21-/m0/s1. The summed E-state index contributed by atoms with van der Waals surface area (Å²) in [5.74, 6) is -0.542. The molecule has 0 saturated heterocycles. The van der Waals surface area contributed by atoms with Gasteiger partial charge in [0.2, 0.25) is 0 Å². The number of carbonyl (C=O) groups is 2. The van der Waals surface area contributed by atoms with Crippen molar-refractivity contribution in [3.63, 3.8) is 0 Å². The average Bonchev–Trinajstić information content (AvgIpc) is 3.05. The predicted molar refractivity (Wildman–Crippen MR) is 101 cm³/mol. The highest BCUT2D eigenvalue weighted by Crippen LogP contribution is 2.42. The lowest BCUT2D eigenvalue weighted by Gasteiger charge is -2.28. The second-order valence-electron chi connectivity index (χ2n) is 6.62. The first-order valence-electron chi connectivity index (χ1n) is 9.48. The van der Waals surface area contributed by atoms with Crippen LogP contribution in [0, 0.1) is 5.41 Å². The third kappa shape index (κ3) is 4.71. The van der Waals surface area contributed by atoms with Crippen LogP contribution in [0.25, 0.3) is 0 Å². The quantitative estimate of drug-likeness (QED) is 0.650. The molecule has 1 aromatic carbocycles. The van der Waals surface area contributed by atoms with Crippen LogP contribution in [-0.4, -0.2) is 30.9 Å². The summed E-state index contributed by atoms with van der Waals surface area (Å²) < 4.78 is 10.4. The van der Waals surface area contributed by atoms with Gasteiger partial charge in [-0.25, -0.2) is 0 Å². The zero-order chi connectivity index (χ0) is 19.0. The van der Waals surface area contributed by atoms with Crippen LogP contribution < -0.4 is 0 Å². The molecule has 5 heteroatoms. The van der Waals surface area contributed by atoms with Crippen molar-refractivity contribution in [3.05, 3.63) is 35.9 Å². The van der Waals surface area contributed by atoms with Gasteiger partial charge in [-0.3, -0.25) is 14.6 Å². The molecule has 2 rings (SSSR count). The van der Waals surface area contributed by atoms with Gasteiger partial charge in [0.1, 0.15) is 5.41 Å². The second-order valence-corrected chi connectivity index (χ2v) is 6.62. The topological polar surface area (TPSA) is 65.0 Å². The van der Waals surface area contributed by atoms with Gasteiger partial charge in [0.25, 0.3) is 0 Å². The number of esters is 2. The van der Waals surface area contributed by atoms with Gasteiger partial charge in [0, 0.05) is 12.1 Å². The molecule has 0 unspecified atom stereocenters. The summed E-state index contributed by atoms with van der Waals surface area (Å²) >= 11 is 0. The number of carbonyl (C=O) groups excluding carboxylic acids is 2. The smallest absolute Gasteiger partial charge is 0.317 e. The van der Waals surface area contributed by atoms with Crippen molar-refractivity contribution in [2.24, 2.45) is 10.4 Å². The Bertz CT molecular complexity index is 641. The van der Waals surface area contributed by atoms with Gasteiger partial charge >= 0.3 is 11.9 Å². The lowest BCUT2D eigenvalue weighted by molar-refractivity contribution is -0.152. The van der Waals surface area contributed by atoms with Crippen LogP contribution in [0.15, 0.2) is 35.3 Å². The van der Waals surface area contributed by atoms with Crippen molar-refractivity contribution >= 4 is 17.7 Å². The fraction of sp³-hybridized carbons (Fsp3) is 0.571. The van der Waals surface area contributed by atoms with Crippen LogP contribution in [0.2, 0.25) is 0 Å². The van der Waals surface area contributed by atoms with Crippen molar-refractivity contribution in [3.8, 4) is 0 Å². The first kappa shape index (κ1) is 20.1. The van der Waals surface area contributed by atoms with Gasteiger partial charge < -0.3 is 9.47 Å². The van der Waals surface area contributed by atoms with Gasteiger partial charge in [-0.1, -0.05) is 30.3 Å². The Balaban J connectivity index is 2.27. The number of hydrogen-bond donors (Lipinski definition) is 0. The molecule has 0 bridgehead atoms. The van der Waals surface area contributed by atoms with Gasteiger partial charge in [-0.2, -0.15) is 0 Å². The molecule has 2 atom stereocenters. The Kier molecular flexibility index (Phi) is 7.37. The minimum absolute atomic E-state index is 0.0410. The van der Waals surface area contributed by atoms with Gasteiger partial charge in [-0.15, -0.1) is 0 Å². The summed E-state index contributed by atoms with van der Waals surface area (Å²) in [7, 11) is 0. The molecule has 0 radical (unpaired) electrons. The van der Waals surface area contributed by atoms with E-state index < -0.39 is 5.41 Å². The van der Waals surface area contributed by atoms with Crippen molar-refractivity contribution in [1.82, 2.24) is 0 Å². The molecule has 142 valence electrons. The van der Waals surface area contributed by atoms with Gasteiger partial charge in [-0.05, 0) is 52.0 Å². The highest BCUT2D eigenvalue weighted by molar-refractivity contribution is 6.08. The molecule has 1 aromatic rings. The molecule has 0 amide bonds. The highest BCUT2D eigenvalue weighted by atomic mass is 16.5. The van der Waals surface area contributed by atoms with E-state index in [0.29, 0.717) is 26.1 Å². The van der Waals surface area contributed by atoms with E-state index in [-0.39, 0.29) is 24.4 Å². The monoisotopic (exact) mass is 359 g/mol. The summed E-state index contributed by atoms with van der Waals surface area (Å²) in [6, 6.07) is 9.98. The third-order valence-electron chi connectivity index (χ3n) is 4.93. The zero-order valence-corrected chi connectivity index (χ0v) is 16.0. The van der Waals surface area contributed by atoms with Gasteiger partial charge in [0.05, 0.1) is 19.3 Å². The fourth-order valence-corrected chi connectivity index (χ4v) is 3.58. The minimum Gasteiger partial charge on any atom is -0.466 e. The average molecular weight is 359 g/mol. The zero-order valence-electron chi connectivity index (χ0n) is 16.0. The Labute approximate surface area is 155 Å². The fourth-order valence-electron chi connectivity index (χ4n) is 3.58. The molecule has 0 aliphatic heterocycles. The number of hydrogen-bond acceptors (Lipinski definition) is 5.